The number of nitrogens with one attached hydrogen (secondary N) is 1. The SMILES string of the molecule is CC(=O)NC1=N[C@@H](c2ccccc2)N(C(C)=O)S1. The Labute approximate surface area is 109 Å². The molecule has 6 heteroatoms. The third-order valence-corrected chi connectivity index (χ3v) is 3.37. The van der Waals surface area contributed by atoms with Gasteiger partial charge in [0.15, 0.2) is 11.3 Å². The second-order valence-corrected chi connectivity index (χ2v) is 4.80. The zero-order chi connectivity index (χ0) is 13.1. The maximum Gasteiger partial charge on any atom is 0.231 e. The molecule has 0 bridgehead atoms. The normalized spacial score (nSPS) is 18.4. The van der Waals surface area contributed by atoms with Crippen LogP contribution in [0.4, 0.5) is 0 Å². The van der Waals surface area contributed by atoms with E-state index in [0.717, 1.165) is 17.5 Å². The fourth-order valence-electron chi connectivity index (χ4n) is 1.61. The Morgan fingerprint density at radius 1 is 1.28 bits per heavy atom. The second kappa shape index (κ2) is 5.22. The van der Waals surface area contributed by atoms with Gasteiger partial charge in [-0.2, -0.15) is 0 Å². The molecule has 0 aromatic heterocycles. The van der Waals surface area contributed by atoms with Crippen molar-refractivity contribution in [2.45, 2.75) is 20.0 Å². The third-order valence-electron chi connectivity index (χ3n) is 2.34. The molecule has 1 aromatic carbocycles. The molecule has 1 aliphatic heterocycles. The van der Waals surface area contributed by atoms with E-state index in [1.807, 2.05) is 30.3 Å². The van der Waals surface area contributed by atoms with Gasteiger partial charge in [-0.05, 0) is 5.56 Å². The van der Waals surface area contributed by atoms with Crippen molar-refractivity contribution in [2.24, 2.45) is 4.99 Å². The Morgan fingerprint density at radius 3 is 2.50 bits per heavy atom. The van der Waals surface area contributed by atoms with Crippen molar-refractivity contribution in [1.29, 1.82) is 0 Å². The maximum atomic E-state index is 11.6. The molecule has 1 N–H and O–H groups in total. The molecule has 94 valence electrons. The first-order chi connectivity index (χ1) is 8.58. The van der Waals surface area contributed by atoms with Gasteiger partial charge in [-0.25, -0.2) is 4.99 Å². The van der Waals surface area contributed by atoms with E-state index in [-0.39, 0.29) is 18.0 Å². The van der Waals surface area contributed by atoms with Crippen LogP contribution in [0.15, 0.2) is 35.3 Å². The molecule has 5 nitrogen and oxygen atoms in total. The monoisotopic (exact) mass is 263 g/mol. The standard InChI is InChI=1S/C12H13N3O2S/c1-8(16)13-12-14-11(15(18-12)9(2)17)10-6-4-3-5-7-10/h3-7,11H,1-2H3,(H,13,14,16)/t11-/m1/s1. The molecule has 0 unspecified atom stereocenters. The maximum absolute atomic E-state index is 11.6. The van der Waals surface area contributed by atoms with Gasteiger partial charge < -0.3 is 5.32 Å². The van der Waals surface area contributed by atoms with Crippen molar-refractivity contribution >= 4 is 28.9 Å². The van der Waals surface area contributed by atoms with Gasteiger partial charge >= 0.3 is 0 Å². The van der Waals surface area contributed by atoms with Gasteiger partial charge in [0, 0.05) is 25.8 Å². The number of carbonyl (C=O) groups excluding carboxylic acids is 2. The van der Waals surface area contributed by atoms with Crippen LogP contribution in [0.3, 0.4) is 0 Å². The molecule has 1 atom stereocenters. The quantitative estimate of drug-likeness (QED) is 0.784. The molecule has 0 saturated heterocycles. The molecule has 18 heavy (non-hydrogen) atoms. The van der Waals surface area contributed by atoms with Gasteiger partial charge in [-0.1, -0.05) is 30.3 Å². The summed E-state index contributed by atoms with van der Waals surface area (Å²) in [5, 5.41) is 3.06. The van der Waals surface area contributed by atoms with E-state index < -0.39 is 0 Å². The summed E-state index contributed by atoms with van der Waals surface area (Å²) >= 11 is 1.15. The topological polar surface area (TPSA) is 61.8 Å². The predicted octanol–water partition coefficient (Wildman–Crippen LogP) is 1.69. The highest BCUT2D eigenvalue weighted by atomic mass is 32.2. The molecule has 0 radical (unpaired) electrons. The van der Waals surface area contributed by atoms with E-state index in [0.29, 0.717) is 5.17 Å². The second-order valence-electron chi connectivity index (χ2n) is 3.84. The average Bonchev–Trinajstić information content (AvgIpc) is 2.73. The van der Waals surface area contributed by atoms with E-state index in [4.69, 9.17) is 0 Å². The summed E-state index contributed by atoms with van der Waals surface area (Å²) in [5.74, 6) is -0.295. The summed E-state index contributed by atoms with van der Waals surface area (Å²) in [5.41, 5.74) is 0.917. The molecule has 1 aromatic rings. The highest BCUT2D eigenvalue weighted by Gasteiger charge is 2.31. The number of amides is 2. The number of hydrogen-bond donors (Lipinski definition) is 1. The zero-order valence-electron chi connectivity index (χ0n) is 10.1. The lowest BCUT2D eigenvalue weighted by atomic mass is 10.2. The number of rotatable bonds is 1. The largest absolute Gasteiger partial charge is 0.304 e. The predicted molar refractivity (Wildman–Crippen MR) is 70.5 cm³/mol. The van der Waals surface area contributed by atoms with Gasteiger partial charge in [0.2, 0.25) is 11.8 Å². The number of amidine groups is 1. The molecule has 2 amide bonds. The van der Waals surface area contributed by atoms with Crippen molar-refractivity contribution in [3.8, 4) is 0 Å². The van der Waals surface area contributed by atoms with Crippen LogP contribution in [-0.4, -0.2) is 21.3 Å². The van der Waals surface area contributed by atoms with Gasteiger partial charge in [-0.3, -0.25) is 13.9 Å². The molecule has 1 aliphatic rings. The number of benzene rings is 1. The summed E-state index contributed by atoms with van der Waals surface area (Å²) in [6, 6.07) is 9.50. The number of nitrogens with zero attached hydrogens (tertiary/aromatic N) is 2. The van der Waals surface area contributed by atoms with Crippen LogP contribution >= 0.6 is 11.9 Å². The first-order valence-electron chi connectivity index (χ1n) is 5.46. The molecule has 0 fully saturated rings. The molecule has 0 spiro atoms. The first kappa shape index (κ1) is 12.6. The highest BCUT2D eigenvalue weighted by molar-refractivity contribution is 8.12. The van der Waals surface area contributed by atoms with Gasteiger partial charge in [-0.15, -0.1) is 0 Å². The zero-order valence-corrected chi connectivity index (χ0v) is 10.9. The molecular weight excluding hydrogens is 250 g/mol. The van der Waals surface area contributed by atoms with E-state index >= 15 is 0 Å². The van der Waals surface area contributed by atoms with Gasteiger partial charge in [0.25, 0.3) is 0 Å². The van der Waals surface area contributed by atoms with Crippen LogP contribution in [0.25, 0.3) is 0 Å². The van der Waals surface area contributed by atoms with E-state index in [1.54, 1.807) is 4.31 Å². The summed E-state index contributed by atoms with van der Waals surface area (Å²) in [4.78, 5) is 26.9. The minimum atomic E-state index is -0.379. The van der Waals surface area contributed by atoms with Crippen molar-refractivity contribution in [3.63, 3.8) is 0 Å². The molecule has 0 aliphatic carbocycles. The summed E-state index contributed by atoms with van der Waals surface area (Å²) in [7, 11) is 0. The lowest BCUT2D eigenvalue weighted by molar-refractivity contribution is -0.125. The van der Waals surface area contributed by atoms with E-state index in [1.165, 1.54) is 13.8 Å². The smallest absolute Gasteiger partial charge is 0.231 e. The van der Waals surface area contributed by atoms with Crippen molar-refractivity contribution in [2.75, 3.05) is 0 Å². The minimum absolute atomic E-state index is 0.0991. The Balaban J connectivity index is 2.27. The van der Waals surface area contributed by atoms with Crippen molar-refractivity contribution in [1.82, 2.24) is 9.62 Å². The number of aliphatic imine (C=N–C) groups is 1. The van der Waals surface area contributed by atoms with Crippen LogP contribution in [-0.2, 0) is 9.59 Å². The molecular formula is C12H13N3O2S. The lowest BCUT2D eigenvalue weighted by Crippen LogP contribution is -2.26. The average molecular weight is 263 g/mol. The Bertz CT molecular complexity index is 501. The summed E-state index contributed by atoms with van der Waals surface area (Å²) in [6.45, 7) is 2.90. The third kappa shape index (κ3) is 2.70. The molecule has 2 rings (SSSR count). The van der Waals surface area contributed by atoms with Crippen molar-refractivity contribution < 1.29 is 9.59 Å². The number of carbonyl (C=O) groups is 2. The van der Waals surface area contributed by atoms with Crippen LogP contribution in [0.2, 0.25) is 0 Å². The highest BCUT2D eigenvalue weighted by Crippen LogP contribution is 2.35. The Morgan fingerprint density at radius 2 is 1.94 bits per heavy atom. The van der Waals surface area contributed by atoms with Crippen LogP contribution < -0.4 is 5.32 Å². The molecule has 1 heterocycles. The summed E-state index contributed by atoms with van der Waals surface area (Å²) < 4.78 is 1.54. The van der Waals surface area contributed by atoms with E-state index in [2.05, 4.69) is 10.3 Å². The van der Waals surface area contributed by atoms with Crippen LogP contribution in [0.5, 0.6) is 0 Å². The summed E-state index contributed by atoms with van der Waals surface area (Å²) in [6.07, 6.45) is -0.379. The molecule has 0 saturated carbocycles. The van der Waals surface area contributed by atoms with E-state index in [9.17, 15) is 9.59 Å². The lowest BCUT2D eigenvalue weighted by Gasteiger charge is -2.19. The van der Waals surface area contributed by atoms with Gasteiger partial charge in [0.05, 0.1) is 0 Å². The Kier molecular flexibility index (Phi) is 3.66. The van der Waals surface area contributed by atoms with Crippen LogP contribution in [0.1, 0.15) is 25.6 Å². The van der Waals surface area contributed by atoms with Gasteiger partial charge in [0.1, 0.15) is 0 Å². The fourth-order valence-corrected chi connectivity index (χ4v) is 2.53. The van der Waals surface area contributed by atoms with Crippen LogP contribution in [0, 0.1) is 0 Å². The number of hydrogen-bond acceptors (Lipinski definition) is 4. The minimum Gasteiger partial charge on any atom is -0.304 e. The first-order valence-corrected chi connectivity index (χ1v) is 6.23. The van der Waals surface area contributed by atoms with Crippen molar-refractivity contribution in [3.05, 3.63) is 35.9 Å². The fraction of sp³-hybridized carbons (Fsp3) is 0.250. The Hall–Kier alpha value is -1.82.